The van der Waals surface area contributed by atoms with E-state index < -0.39 is 15.7 Å². The number of aliphatic hydroxyl groups is 1. The van der Waals surface area contributed by atoms with Gasteiger partial charge in [-0.1, -0.05) is 17.9 Å². The van der Waals surface area contributed by atoms with Crippen LogP contribution in [0.2, 0.25) is 0 Å². The highest BCUT2D eigenvalue weighted by molar-refractivity contribution is 7.90. The molecule has 0 spiro atoms. The number of aryl methyl sites for hydroxylation is 1. The Hall–Kier alpha value is -1.55. The van der Waals surface area contributed by atoms with Gasteiger partial charge < -0.3 is 5.11 Å². The van der Waals surface area contributed by atoms with Crippen molar-refractivity contribution in [3.05, 3.63) is 29.3 Å². The number of benzene rings is 1. The van der Waals surface area contributed by atoms with E-state index in [-0.39, 0.29) is 6.61 Å². The van der Waals surface area contributed by atoms with Crippen molar-refractivity contribution in [3.8, 4) is 11.8 Å². The van der Waals surface area contributed by atoms with Crippen molar-refractivity contribution in [3.63, 3.8) is 0 Å². The van der Waals surface area contributed by atoms with Crippen molar-refractivity contribution in [2.45, 2.75) is 39.7 Å². The molecule has 0 bridgehead atoms. The molecule has 1 rings (SSSR count). The first-order valence-corrected chi connectivity index (χ1v) is 8.13. The minimum Gasteiger partial charge on any atom is -0.395 e. The maximum Gasteiger partial charge on any atom is 0.299 e. The Morgan fingerprint density at radius 3 is 2.52 bits per heavy atom. The summed E-state index contributed by atoms with van der Waals surface area (Å²) in [5, 5.41) is 8.70. The molecule has 0 aliphatic carbocycles. The molecule has 6 heteroatoms. The third kappa shape index (κ3) is 6.63. The van der Waals surface area contributed by atoms with Crippen LogP contribution in [0.3, 0.4) is 0 Å². The Labute approximate surface area is 127 Å². The van der Waals surface area contributed by atoms with E-state index in [1.54, 1.807) is 32.9 Å². The molecule has 0 radical (unpaired) electrons. The van der Waals surface area contributed by atoms with Gasteiger partial charge in [0.25, 0.3) is 10.2 Å². The summed E-state index contributed by atoms with van der Waals surface area (Å²) in [6.45, 7) is 7.15. The van der Waals surface area contributed by atoms with E-state index in [1.807, 2.05) is 13.0 Å². The van der Waals surface area contributed by atoms with Gasteiger partial charge in [-0.3, -0.25) is 4.72 Å². The van der Waals surface area contributed by atoms with Gasteiger partial charge in [0, 0.05) is 17.5 Å². The number of hydrogen-bond donors (Lipinski definition) is 3. The maximum atomic E-state index is 12.0. The fourth-order valence-electron chi connectivity index (χ4n) is 1.60. The van der Waals surface area contributed by atoms with Crippen LogP contribution in [-0.4, -0.2) is 25.7 Å². The highest BCUT2D eigenvalue weighted by Gasteiger charge is 2.20. The summed E-state index contributed by atoms with van der Waals surface area (Å²) in [5.41, 5.74) is 1.44. The molecule has 0 atom stereocenters. The molecule has 0 heterocycles. The van der Waals surface area contributed by atoms with Gasteiger partial charge in [-0.25, -0.2) is 0 Å². The Morgan fingerprint density at radius 1 is 1.29 bits per heavy atom. The molecule has 0 fully saturated rings. The molecule has 5 nitrogen and oxygen atoms in total. The van der Waals surface area contributed by atoms with Crippen LogP contribution in [0.15, 0.2) is 18.2 Å². The molecule has 0 aromatic heterocycles. The largest absolute Gasteiger partial charge is 0.395 e. The fourth-order valence-corrected chi connectivity index (χ4v) is 2.97. The summed E-state index contributed by atoms with van der Waals surface area (Å²) < 4.78 is 29.1. The predicted molar refractivity (Wildman–Crippen MR) is 85.2 cm³/mol. The summed E-state index contributed by atoms with van der Waals surface area (Å²) >= 11 is 0. The van der Waals surface area contributed by atoms with Crippen LogP contribution in [0.5, 0.6) is 0 Å². The zero-order chi connectivity index (χ0) is 16.1. The molecule has 116 valence electrons. The van der Waals surface area contributed by atoms with Gasteiger partial charge in [0.1, 0.15) is 0 Å². The number of rotatable bonds is 4. The van der Waals surface area contributed by atoms with E-state index in [2.05, 4.69) is 21.3 Å². The lowest BCUT2D eigenvalue weighted by Crippen LogP contribution is -2.43. The average molecular weight is 310 g/mol. The first kappa shape index (κ1) is 17.5. The molecule has 0 saturated carbocycles. The summed E-state index contributed by atoms with van der Waals surface area (Å²) in [7, 11) is -3.64. The number of aliphatic hydroxyl groups excluding tert-OH is 1. The first-order chi connectivity index (χ1) is 9.63. The van der Waals surface area contributed by atoms with Crippen molar-refractivity contribution in [2.75, 3.05) is 11.3 Å². The van der Waals surface area contributed by atoms with E-state index >= 15 is 0 Å². The van der Waals surface area contributed by atoms with Crippen molar-refractivity contribution in [1.82, 2.24) is 4.72 Å². The molecule has 21 heavy (non-hydrogen) atoms. The molecule has 1 aromatic rings. The zero-order valence-electron chi connectivity index (χ0n) is 12.8. The first-order valence-electron chi connectivity index (χ1n) is 6.65. The molecular formula is C15H22N2O3S. The molecule has 1 aromatic carbocycles. The SMILES string of the molecule is Cc1ccc(C#CCCO)cc1NS(=O)(=O)NC(C)(C)C. The van der Waals surface area contributed by atoms with E-state index in [0.29, 0.717) is 17.7 Å². The monoisotopic (exact) mass is 310 g/mol. The third-order valence-corrected chi connectivity index (χ3v) is 3.76. The van der Waals surface area contributed by atoms with Crippen molar-refractivity contribution >= 4 is 15.9 Å². The lowest BCUT2D eigenvalue weighted by molar-refractivity contribution is 0.305. The van der Waals surface area contributed by atoms with Crippen molar-refractivity contribution < 1.29 is 13.5 Å². The van der Waals surface area contributed by atoms with Crippen LogP contribution in [0.4, 0.5) is 5.69 Å². The zero-order valence-corrected chi connectivity index (χ0v) is 13.6. The second-order valence-corrected chi connectivity index (χ2v) is 7.18. The van der Waals surface area contributed by atoms with E-state index in [4.69, 9.17) is 5.11 Å². The minimum atomic E-state index is -3.64. The van der Waals surface area contributed by atoms with Crippen LogP contribution in [0.1, 0.15) is 38.3 Å². The molecule has 0 amide bonds. The van der Waals surface area contributed by atoms with Crippen molar-refractivity contribution in [2.24, 2.45) is 0 Å². The second kappa shape index (κ2) is 6.94. The van der Waals surface area contributed by atoms with Gasteiger partial charge in [0.15, 0.2) is 0 Å². The third-order valence-electron chi connectivity index (χ3n) is 2.39. The summed E-state index contributed by atoms with van der Waals surface area (Å²) in [6, 6.07) is 5.30. The highest BCUT2D eigenvalue weighted by atomic mass is 32.2. The fraction of sp³-hybridized carbons (Fsp3) is 0.467. The van der Waals surface area contributed by atoms with Crippen molar-refractivity contribution in [1.29, 1.82) is 0 Å². The highest BCUT2D eigenvalue weighted by Crippen LogP contribution is 2.18. The standard InChI is InChI=1S/C15H22N2O3S/c1-12-8-9-13(7-5-6-10-18)11-14(12)16-21(19,20)17-15(2,3)4/h8-9,11,16-18H,6,10H2,1-4H3. The lowest BCUT2D eigenvalue weighted by atomic mass is 10.1. The Kier molecular flexibility index (Phi) is 5.78. The number of hydrogen-bond acceptors (Lipinski definition) is 3. The van der Waals surface area contributed by atoms with E-state index in [9.17, 15) is 8.42 Å². The minimum absolute atomic E-state index is 0.00779. The van der Waals surface area contributed by atoms with Gasteiger partial charge >= 0.3 is 0 Å². The normalized spacial score (nSPS) is 11.7. The average Bonchev–Trinajstić information content (AvgIpc) is 2.30. The van der Waals surface area contributed by atoms with Gasteiger partial charge in [-0.05, 0) is 45.4 Å². The molecule has 3 N–H and O–H groups in total. The number of anilines is 1. The van der Waals surface area contributed by atoms with Crippen LogP contribution in [-0.2, 0) is 10.2 Å². The van der Waals surface area contributed by atoms with Gasteiger partial charge in [0.2, 0.25) is 0 Å². The Bertz CT molecular complexity index is 650. The van der Waals surface area contributed by atoms with E-state index in [0.717, 1.165) is 5.56 Å². The maximum absolute atomic E-state index is 12.0. The van der Waals surface area contributed by atoms with E-state index in [1.165, 1.54) is 0 Å². The topological polar surface area (TPSA) is 78.4 Å². The Balaban J connectivity index is 2.98. The lowest BCUT2D eigenvalue weighted by Gasteiger charge is -2.21. The predicted octanol–water partition coefficient (Wildman–Crippen LogP) is 1.77. The van der Waals surface area contributed by atoms with Crippen LogP contribution in [0, 0.1) is 18.8 Å². The van der Waals surface area contributed by atoms with Gasteiger partial charge in [0.05, 0.1) is 12.3 Å². The van der Waals surface area contributed by atoms with Gasteiger partial charge in [-0.2, -0.15) is 13.1 Å². The summed E-state index contributed by atoms with van der Waals surface area (Å²) in [6.07, 6.45) is 0.389. The molecule has 0 aliphatic heterocycles. The molecule has 0 saturated heterocycles. The Morgan fingerprint density at radius 2 is 1.95 bits per heavy atom. The van der Waals surface area contributed by atoms with Crippen LogP contribution < -0.4 is 9.44 Å². The quantitative estimate of drug-likeness (QED) is 0.742. The smallest absolute Gasteiger partial charge is 0.299 e. The molecular weight excluding hydrogens is 288 g/mol. The van der Waals surface area contributed by atoms with Gasteiger partial charge in [-0.15, -0.1) is 0 Å². The summed E-state index contributed by atoms with van der Waals surface area (Å²) in [5.74, 6) is 5.69. The summed E-state index contributed by atoms with van der Waals surface area (Å²) in [4.78, 5) is 0. The second-order valence-electron chi connectivity index (χ2n) is 5.76. The number of nitrogens with one attached hydrogen (secondary N) is 2. The van der Waals surface area contributed by atoms with Crippen LogP contribution in [0.25, 0.3) is 0 Å². The molecule has 0 unspecified atom stereocenters. The van der Waals surface area contributed by atoms with Crippen LogP contribution >= 0.6 is 0 Å². The molecule has 0 aliphatic rings.